The van der Waals surface area contributed by atoms with Crippen LogP contribution in [0.25, 0.3) is 0 Å². The number of ether oxygens (including phenoxy) is 1. The molecule has 1 aromatic heterocycles. The number of nitrogens with zero attached hydrogens (tertiary/aromatic N) is 2. The van der Waals surface area contributed by atoms with Crippen molar-refractivity contribution in [3.05, 3.63) is 65.5 Å². The molecule has 0 radical (unpaired) electrons. The van der Waals surface area contributed by atoms with Gasteiger partial charge in [0.2, 0.25) is 0 Å². The Labute approximate surface area is 180 Å². The van der Waals surface area contributed by atoms with E-state index in [9.17, 15) is 0 Å². The summed E-state index contributed by atoms with van der Waals surface area (Å²) in [5.41, 5.74) is 3.47. The summed E-state index contributed by atoms with van der Waals surface area (Å²) in [6.45, 7) is 7.18. The van der Waals surface area contributed by atoms with Crippen molar-refractivity contribution in [2.75, 3.05) is 26.7 Å². The van der Waals surface area contributed by atoms with E-state index in [0.29, 0.717) is 19.1 Å². The molecule has 1 atom stereocenters. The van der Waals surface area contributed by atoms with Gasteiger partial charge >= 0.3 is 0 Å². The monoisotopic (exact) mass is 482 g/mol. The molecule has 1 heterocycles. The molecule has 0 fully saturated rings. The number of rotatable bonds is 9. The van der Waals surface area contributed by atoms with E-state index in [1.807, 2.05) is 37.4 Å². The number of pyridine rings is 1. The van der Waals surface area contributed by atoms with Gasteiger partial charge in [0.05, 0.1) is 13.2 Å². The second kappa shape index (κ2) is 13.5. The van der Waals surface area contributed by atoms with Gasteiger partial charge in [-0.3, -0.25) is 9.98 Å². The van der Waals surface area contributed by atoms with Crippen LogP contribution in [0.15, 0.2) is 53.7 Å². The zero-order valence-corrected chi connectivity index (χ0v) is 18.8. The van der Waals surface area contributed by atoms with Crippen LogP contribution >= 0.6 is 24.0 Å². The van der Waals surface area contributed by atoms with Crippen molar-refractivity contribution in [3.8, 4) is 0 Å². The molecule has 0 spiro atoms. The third-order valence-corrected chi connectivity index (χ3v) is 4.03. The van der Waals surface area contributed by atoms with Crippen LogP contribution < -0.4 is 10.6 Å². The van der Waals surface area contributed by atoms with Crippen LogP contribution in [0.5, 0.6) is 0 Å². The Kier molecular flexibility index (Phi) is 11.7. The highest BCUT2D eigenvalue weighted by molar-refractivity contribution is 14.0. The number of nitrogens with one attached hydrogen (secondary N) is 2. The molecule has 0 aliphatic carbocycles. The van der Waals surface area contributed by atoms with Crippen LogP contribution in [-0.2, 0) is 17.8 Å². The molecule has 148 valence electrons. The smallest absolute Gasteiger partial charge is 0.190 e. The first-order chi connectivity index (χ1) is 12.7. The van der Waals surface area contributed by atoms with E-state index in [-0.39, 0.29) is 24.0 Å². The number of benzene rings is 1. The van der Waals surface area contributed by atoms with Gasteiger partial charge in [-0.2, -0.15) is 0 Å². The van der Waals surface area contributed by atoms with Gasteiger partial charge in [-0.1, -0.05) is 43.3 Å². The van der Waals surface area contributed by atoms with Gasteiger partial charge in [-0.15, -0.1) is 24.0 Å². The molecule has 27 heavy (non-hydrogen) atoms. The lowest BCUT2D eigenvalue weighted by Gasteiger charge is -2.16. The first-order valence-corrected chi connectivity index (χ1v) is 9.15. The Morgan fingerprint density at radius 1 is 1.11 bits per heavy atom. The van der Waals surface area contributed by atoms with Crippen molar-refractivity contribution >= 4 is 29.9 Å². The lowest BCUT2D eigenvalue weighted by Crippen LogP contribution is -2.40. The van der Waals surface area contributed by atoms with Crippen LogP contribution in [-0.4, -0.2) is 37.7 Å². The summed E-state index contributed by atoms with van der Waals surface area (Å²) in [6, 6.07) is 14.4. The largest absolute Gasteiger partial charge is 0.376 e. The SMILES string of the molecule is CN=C(NCCc1ccc(C)nc1)NCC(C)COCc1ccccc1.I. The Morgan fingerprint density at radius 2 is 1.89 bits per heavy atom. The highest BCUT2D eigenvalue weighted by Gasteiger charge is 2.05. The molecular weight excluding hydrogens is 451 g/mol. The summed E-state index contributed by atoms with van der Waals surface area (Å²) in [5, 5.41) is 6.70. The first-order valence-electron chi connectivity index (χ1n) is 9.15. The summed E-state index contributed by atoms with van der Waals surface area (Å²) in [5.74, 6) is 1.22. The predicted octanol–water partition coefficient (Wildman–Crippen LogP) is 3.57. The van der Waals surface area contributed by atoms with Crippen molar-refractivity contribution in [3.63, 3.8) is 0 Å². The normalized spacial score (nSPS) is 12.2. The minimum atomic E-state index is 0. The van der Waals surface area contributed by atoms with Gasteiger partial charge in [0.25, 0.3) is 0 Å². The molecule has 0 aliphatic heterocycles. The number of aromatic nitrogens is 1. The number of aryl methyl sites for hydroxylation is 1. The fraction of sp³-hybridized carbons (Fsp3) is 0.429. The average Bonchev–Trinajstić information content (AvgIpc) is 2.67. The standard InChI is InChI=1S/C21H30N4O.HI/c1-17(15-26-16-20-7-5-4-6-8-20)13-25-21(22-3)23-12-11-19-10-9-18(2)24-14-19;/h4-10,14,17H,11-13,15-16H2,1-3H3,(H2,22,23,25);1H. The van der Waals surface area contributed by atoms with Crippen LogP contribution in [0.4, 0.5) is 0 Å². The van der Waals surface area contributed by atoms with E-state index in [2.05, 4.69) is 45.7 Å². The minimum Gasteiger partial charge on any atom is -0.376 e. The van der Waals surface area contributed by atoms with Crippen molar-refractivity contribution in [1.29, 1.82) is 0 Å². The number of hydrogen-bond donors (Lipinski definition) is 2. The number of aliphatic imine (C=N–C) groups is 1. The van der Waals surface area contributed by atoms with Gasteiger partial charge < -0.3 is 15.4 Å². The van der Waals surface area contributed by atoms with E-state index in [1.165, 1.54) is 11.1 Å². The van der Waals surface area contributed by atoms with Crippen LogP contribution in [0.1, 0.15) is 23.7 Å². The lowest BCUT2D eigenvalue weighted by molar-refractivity contribution is 0.0931. The first kappa shape index (κ1) is 23.4. The van der Waals surface area contributed by atoms with Crippen molar-refractivity contribution in [2.45, 2.75) is 26.9 Å². The molecule has 1 unspecified atom stereocenters. The number of halogens is 1. The van der Waals surface area contributed by atoms with E-state index in [4.69, 9.17) is 4.74 Å². The average molecular weight is 482 g/mol. The van der Waals surface area contributed by atoms with Crippen molar-refractivity contribution < 1.29 is 4.74 Å². The van der Waals surface area contributed by atoms with Gasteiger partial charge in [0, 0.05) is 32.0 Å². The van der Waals surface area contributed by atoms with E-state index < -0.39 is 0 Å². The number of guanidine groups is 1. The Hall–Kier alpha value is -1.67. The third kappa shape index (κ3) is 9.72. The molecule has 0 amide bonds. The molecule has 5 nitrogen and oxygen atoms in total. The molecule has 1 aromatic carbocycles. The zero-order valence-electron chi connectivity index (χ0n) is 16.4. The van der Waals surface area contributed by atoms with Crippen LogP contribution in [0.2, 0.25) is 0 Å². The number of hydrogen-bond acceptors (Lipinski definition) is 3. The van der Waals surface area contributed by atoms with E-state index >= 15 is 0 Å². The fourth-order valence-corrected chi connectivity index (χ4v) is 2.47. The Balaban J connectivity index is 0.00000364. The van der Waals surface area contributed by atoms with Gasteiger partial charge in [0.15, 0.2) is 5.96 Å². The molecule has 0 bridgehead atoms. The maximum absolute atomic E-state index is 5.79. The minimum absolute atomic E-state index is 0. The molecule has 2 rings (SSSR count). The van der Waals surface area contributed by atoms with Gasteiger partial charge in [0.1, 0.15) is 0 Å². The van der Waals surface area contributed by atoms with Crippen molar-refractivity contribution in [1.82, 2.24) is 15.6 Å². The molecule has 0 saturated heterocycles. The second-order valence-corrected chi connectivity index (χ2v) is 6.54. The second-order valence-electron chi connectivity index (χ2n) is 6.54. The predicted molar refractivity (Wildman–Crippen MR) is 123 cm³/mol. The molecule has 2 aromatic rings. The summed E-state index contributed by atoms with van der Waals surface area (Å²) >= 11 is 0. The van der Waals surface area contributed by atoms with Crippen molar-refractivity contribution in [2.24, 2.45) is 10.9 Å². The highest BCUT2D eigenvalue weighted by Crippen LogP contribution is 2.03. The maximum Gasteiger partial charge on any atom is 0.190 e. The molecule has 0 aliphatic rings. The van der Waals surface area contributed by atoms with E-state index in [1.54, 1.807) is 7.05 Å². The Bertz CT molecular complexity index is 662. The van der Waals surface area contributed by atoms with Gasteiger partial charge in [-0.25, -0.2) is 0 Å². The summed E-state index contributed by atoms with van der Waals surface area (Å²) in [6.07, 6.45) is 2.85. The highest BCUT2D eigenvalue weighted by atomic mass is 127. The zero-order chi connectivity index (χ0) is 18.6. The quantitative estimate of drug-likeness (QED) is 0.326. The van der Waals surface area contributed by atoms with E-state index in [0.717, 1.165) is 31.2 Å². The molecular formula is C21H31IN4O. The summed E-state index contributed by atoms with van der Waals surface area (Å²) in [4.78, 5) is 8.59. The molecule has 0 saturated carbocycles. The molecule has 2 N–H and O–H groups in total. The summed E-state index contributed by atoms with van der Waals surface area (Å²) < 4.78 is 5.79. The maximum atomic E-state index is 5.79. The van der Waals surface area contributed by atoms with Gasteiger partial charge in [-0.05, 0) is 36.5 Å². The summed E-state index contributed by atoms with van der Waals surface area (Å²) in [7, 11) is 1.79. The van der Waals surface area contributed by atoms with Crippen LogP contribution in [0, 0.1) is 12.8 Å². The lowest BCUT2D eigenvalue weighted by atomic mass is 10.2. The van der Waals surface area contributed by atoms with Crippen LogP contribution in [0.3, 0.4) is 0 Å². The topological polar surface area (TPSA) is 58.5 Å². The third-order valence-electron chi connectivity index (χ3n) is 4.03. The molecule has 6 heteroatoms. The fourth-order valence-electron chi connectivity index (χ4n) is 2.47. The Morgan fingerprint density at radius 3 is 2.56 bits per heavy atom.